The number of nitrogens with zero attached hydrogens (tertiary/aromatic N) is 5. The molecule has 4 aromatic rings. The Hall–Kier alpha value is -3.82. The number of nitriles is 1. The molecular weight excluding hydrogens is 360 g/mol. The van der Waals surface area contributed by atoms with Crippen LogP contribution < -0.4 is 5.73 Å². The van der Waals surface area contributed by atoms with E-state index >= 15 is 0 Å². The van der Waals surface area contributed by atoms with Crippen molar-refractivity contribution >= 4 is 0 Å². The normalized spacial score (nSPS) is 10.6. The third-order valence-corrected chi connectivity index (χ3v) is 4.70. The molecule has 0 saturated carbocycles. The van der Waals surface area contributed by atoms with E-state index in [1.807, 2.05) is 61.1 Å². The maximum atomic E-state index is 9.37. The third kappa shape index (κ3) is 4.05. The Morgan fingerprint density at radius 2 is 1.79 bits per heavy atom. The molecule has 0 amide bonds. The summed E-state index contributed by atoms with van der Waals surface area (Å²) in [6, 6.07) is 17.8. The van der Waals surface area contributed by atoms with Crippen molar-refractivity contribution in [2.75, 3.05) is 6.54 Å². The summed E-state index contributed by atoms with van der Waals surface area (Å²) < 4.78 is 2.07. The summed E-state index contributed by atoms with van der Waals surface area (Å²) in [7, 11) is 0. The van der Waals surface area contributed by atoms with E-state index in [9.17, 15) is 5.26 Å². The van der Waals surface area contributed by atoms with Gasteiger partial charge < -0.3 is 10.3 Å². The number of hydrogen-bond acceptors (Lipinski definition) is 5. The maximum absolute atomic E-state index is 9.37. The van der Waals surface area contributed by atoms with E-state index in [1.165, 1.54) is 0 Å². The van der Waals surface area contributed by atoms with Crippen molar-refractivity contribution in [3.05, 3.63) is 90.0 Å². The van der Waals surface area contributed by atoms with Gasteiger partial charge in [-0.2, -0.15) is 5.26 Å². The summed E-state index contributed by atoms with van der Waals surface area (Å²) in [5.74, 6) is 1.50. The minimum atomic E-state index is 0.559. The van der Waals surface area contributed by atoms with Crippen molar-refractivity contribution in [3.8, 4) is 28.8 Å². The number of hydrogen-bond donors (Lipinski definition) is 1. The summed E-state index contributed by atoms with van der Waals surface area (Å²) >= 11 is 0. The van der Waals surface area contributed by atoms with Gasteiger partial charge in [-0.25, -0.2) is 15.0 Å². The van der Waals surface area contributed by atoms with Crippen LogP contribution in [0.15, 0.2) is 73.3 Å². The second kappa shape index (κ2) is 8.46. The van der Waals surface area contributed by atoms with Crippen LogP contribution in [0.4, 0.5) is 0 Å². The molecule has 0 aliphatic carbocycles. The third-order valence-electron chi connectivity index (χ3n) is 4.70. The van der Waals surface area contributed by atoms with E-state index in [0.717, 1.165) is 34.5 Å². The molecule has 0 unspecified atom stereocenters. The Labute approximate surface area is 169 Å². The average molecular weight is 380 g/mol. The van der Waals surface area contributed by atoms with Crippen LogP contribution in [-0.2, 0) is 13.0 Å². The van der Waals surface area contributed by atoms with Crippen LogP contribution in [0.25, 0.3) is 22.8 Å². The highest BCUT2D eigenvalue weighted by Crippen LogP contribution is 2.25. The van der Waals surface area contributed by atoms with Gasteiger partial charge in [-0.05, 0) is 42.3 Å². The lowest BCUT2D eigenvalue weighted by molar-refractivity contribution is 0.806. The Morgan fingerprint density at radius 1 is 1.00 bits per heavy atom. The molecule has 0 atom stereocenters. The van der Waals surface area contributed by atoms with Gasteiger partial charge in [0.1, 0.15) is 5.82 Å². The SMILES string of the molecule is N#Cc1ccc(-c2ncc(CCN)cn2)c(Cn2ccnc2-c2ccccc2)c1. The monoisotopic (exact) mass is 380 g/mol. The maximum Gasteiger partial charge on any atom is 0.159 e. The number of rotatable bonds is 6. The molecule has 2 N–H and O–H groups in total. The topological polar surface area (TPSA) is 93.4 Å². The van der Waals surface area contributed by atoms with Gasteiger partial charge in [-0.15, -0.1) is 0 Å². The lowest BCUT2D eigenvalue weighted by atomic mass is 10.0. The fourth-order valence-electron chi connectivity index (χ4n) is 3.27. The minimum Gasteiger partial charge on any atom is -0.330 e. The highest BCUT2D eigenvalue weighted by atomic mass is 15.1. The summed E-state index contributed by atoms with van der Waals surface area (Å²) in [4.78, 5) is 13.6. The zero-order valence-corrected chi connectivity index (χ0v) is 15.9. The van der Waals surface area contributed by atoms with Crippen molar-refractivity contribution < 1.29 is 0 Å². The van der Waals surface area contributed by atoms with Gasteiger partial charge in [0.2, 0.25) is 0 Å². The zero-order chi connectivity index (χ0) is 20.1. The molecule has 0 aliphatic heterocycles. The molecule has 4 rings (SSSR count). The van der Waals surface area contributed by atoms with Crippen LogP contribution in [0.1, 0.15) is 16.7 Å². The Bertz CT molecular complexity index is 1140. The number of benzene rings is 2. The lowest BCUT2D eigenvalue weighted by Crippen LogP contribution is -2.06. The zero-order valence-electron chi connectivity index (χ0n) is 15.9. The molecule has 0 spiro atoms. The van der Waals surface area contributed by atoms with Crippen molar-refractivity contribution in [2.45, 2.75) is 13.0 Å². The molecule has 29 heavy (non-hydrogen) atoms. The Kier molecular flexibility index (Phi) is 5.41. The number of aromatic nitrogens is 4. The van der Waals surface area contributed by atoms with E-state index in [-0.39, 0.29) is 0 Å². The summed E-state index contributed by atoms with van der Waals surface area (Å²) in [6.07, 6.45) is 8.09. The van der Waals surface area contributed by atoms with E-state index < -0.39 is 0 Å². The van der Waals surface area contributed by atoms with Crippen LogP contribution in [0.3, 0.4) is 0 Å². The standard InChI is InChI=1S/C23H20N6/c24-9-8-18-14-27-22(28-15-18)21-7-6-17(13-25)12-20(21)16-29-11-10-26-23(29)19-4-2-1-3-5-19/h1-7,10-12,14-15H,8-9,16,24H2. The van der Waals surface area contributed by atoms with Gasteiger partial charge >= 0.3 is 0 Å². The van der Waals surface area contributed by atoms with Crippen LogP contribution in [0.2, 0.25) is 0 Å². The molecule has 6 nitrogen and oxygen atoms in total. The second-order valence-electron chi connectivity index (χ2n) is 6.68. The molecule has 0 aliphatic rings. The summed E-state index contributed by atoms with van der Waals surface area (Å²) in [6.45, 7) is 1.12. The largest absolute Gasteiger partial charge is 0.330 e. The Balaban J connectivity index is 1.73. The van der Waals surface area contributed by atoms with Crippen LogP contribution in [0, 0.1) is 11.3 Å². The highest BCUT2D eigenvalue weighted by molar-refractivity contribution is 5.63. The van der Waals surface area contributed by atoms with E-state index in [4.69, 9.17) is 5.73 Å². The first-order valence-electron chi connectivity index (χ1n) is 9.39. The van der Waals surface area contributed by atoms with Crippen molar-refractivity contribution in [1.82, 2.24) is 19.5 Å². The Morgan fingerprint density at radius 3 is 2.52 bits per heavy atom. The van der Waals surface area contributed by atoms with Gasteiger partial charge in [0.05, 0.1) is 11.6 Å². The molecule has 142 valence electrons. The lowest BCUT2D eigenvalue weighted by Gasteiger charge is -2.13. The summed E-state index contributed by atoms with van der Waals surface area (Å²) in [5, 5.41) is 9.37. The first-order valence-corrected chi connectivity index (χ1v) is 9.39. The second-order valence-corrected chi connectivity index (χ2v) is 6.68. The molecule has 2 aromatic heterocycles. The fraction of sp³-hybridized carbons (Fsp3) is 0.130. The number of nitrogens with two attached hydrogens (primary N) is 1. The molecule has 2 heterocycles. The van der Waals surface area contributed by atoms with Crippen LogP contribution in [-0.4, -0.2) is 26.1 Å². The van der Waals surface area contributed by atoms with Gasteiger partial charge in [-0.1, -0.05) is 30.3 Å². The number of imidazole rings is 1. The highest BCUT2D eigenvalue weighted by Gasteiger charge is 2.13. The predicted molar refractivity (Wildman–Crippen MR) is 112 cm³/mol. The van der Waals surface area contributed by atoms with Gasteiger partial charge in [0, 0.05) is 42.5 Å². The molecule has 0 saturated heterocycles. The molecule has 6 heteroatoms. The van der Waals surface area contributed by atoms with Crippen LogP contribution >= 0.6 is 0 Å². The first-order chi connectivity index (χ1) is 14.3. The van der Waals surface area contributed by atoms with E-state index in [2.05, 4.69) is 25.6 Å². The predicted octanol–water partition coefficient (Wildman–Crippen LogP) is 3.43. The molecule has 0 fully saturated rings. The molecule has 2 aromatic carbocycles. The van der Waals surface area contributed by atoms with Gasteiger partial charge in [0.15, 0.2) is 5.82 Å². The fourth-order valence-corrected chi connectivity index (χ4v) is 3.27. The van der Waals surface area contributed by atoms with Gasteiger partial charge in [-0.3, -0.25) is 0 Å². The van der Waals surface area contributed by atoms with Crippen molar-refractivity contribution in [2.24, 2.45) is 5.73 Å². The smallest absolute Gasteiger partial charge is 0.159 e. The molecular formula is C23H20N6. The molecule has 0 radical (unpaired) electrons. The van der Waals surface area contributed by atoms with Crippen molar-refractivity contribution in [3.63, 3.8) is 0 Å². The minimum absolute atomic E-state index is 0.559. The quantitative estimate of drug-likeness (QED) is 0.553. The summed E-state index contributed by atoms with van der Waals surface area (Å²) in [5.41, 5.74) is 10.1. The van der Waals surface area contributed by atoms with Crippen LogP contribution in [0.5, 0.6) is 0 Å². The van der Waals surface area contributed by atoms with E-state index in [1.54, 1.807) is 12.3 Å². The first kappa shape index (κ1) is 18.5. The van der Waals surface area contributed by atoms with E-state index in [0.29, 0.717) is 24.5 Å². The van der Waals surface area contributed by atoms with Gasteiger partial charge in [0.25, 0.3) is 0 Å². The van der Waals surface area contributed by atoms with Crippen molar-refractivity contribution in [1.29, 1.82) is 5.26 Å². The average Bonchev–Trinajstić information content (AvgIpc) is 3.23. The molecule has 0 bridgehead atoms.